The summed E-state index contributed by atoms with van der Waals surface area (Å²) in [5.74, 6) is -1.66. The minimum absolute atomic E-state index is 0.0774. The first-order valence-corrected chi connectivity index (χ1v) is 18.5. The fourth-order valence-corrected chi connectivity index (χ4v) is 5.72. The van der Waals surface area contributed by atoms with Gasteiger partial charge in [-0.25, -0.2) is 9.97 Å². The summed E-state index contributed by atoms with van der Waals surface area (Å²) in [4.78, 5) is 34.1. The number of rotatable bonds is 26. The van der Waals surface area contributed by atoms with Crippen LogP contribution in [0.1, 0.15) is 79.9 Å². The lowest BCUT2D eigenvalue weighted by Gasteiger charge is -2.30. The van der Waals surface area contributed by atoms with E-state index in [1.54, 1.807) is 0 Å². The molecule has 0 spiro atoms. The molecule has 0 saturated carbocycles. The number of aromatic nitrogens is 2. The van der Waals surface area contributed by atoms with Gasteiger partial charge in [0.2, 0.25) is 5.91 Å². The molecule has 2 amide bonds. The molecule has 18 heteroatoms. The Morgan fingerprint density at radius 2 is 1.51 bits per heavy atom. The van der Waals surface area contributed by atoms with Crippen LogP contribution in [-0.4, -0.2) is 128 Å². The Morgan fingerprint density at radius 3 is 2.15 bits per heavy atom. The zero-order valence-corrected chi connectivity index (χ0v) is 31.3. The second kappa shape index (κ2) is 24.6. The second-order valence-corrected chi connectivity index (χ2v) is 13.5. The van der Waals surface area contributed by atoms with E-state index < -0.39 is 48.9 Å². The lowest BCUT2D eigenvalue weighted by atomic mass is 10.0. The highest BCUT2D eigenvalue weighted by Crippen LogP contribution is 2.17. The number of aryl methyl sites for hydroxylation is 2. The third kappa shape index (κ3) is 16.9. The first-order valence-electron chi connectivity index (χ1n) is 18.2. The van der Waals surface area contributed by atoms with Crippen molar-refractivity contribution in [2.24, 2.45) is 5.73 Å². The predicted molar refractivity (Wildman–Crippen MR) is 204 cm³/mol. The molecule has 2 aromatic rings. The number of hydrogen-bond acceptors (Lipinski definition) is 14. The Balaban J connectivity index is 1.73. The number of hydrogen-bond donors (Lipinski definition) is 12. The van der Waals surface area contributed by atoms with Crippen molar-refractivity contribution in [3.8, 4) is 0 Å². The SMILES string of the molecule is CCCCCCN(CCCNC(CCc1ccc(CCCCNC(=N)NC(=O)c2nc(Cl)c(N)nc2N)cc1)C(N)=O)C[C@H](O)[C@@H](O)[C@H](O)[C@H](O)CO. The number of aliphatic hydroxyl groups excluding tert-OH is 5. The van der Waals surface area contributed by atoms with Crippen molar-refractivity contribution >= 4 is 41.0 Å². The van der Waals surface area contributed by atoms with Gasteiger partial charge in [0, 0.05) is 13.1 Å². The van der Waals surface area contributed by atoms with Crippen molar-refractivity contribution in [3.05, 3.63) is 46.2 Å². The van der Waals surface area contributed by atoms with Crippen molar-refractivity contribution in [3.63, 3.8) is 0 Å². The lowest BCUT2D eigenvalue weighted by Crippen LogP contribution is -2.50. The number of nitrogens with zero attached hydrogens (tertiary/aromatic N) is 3. The summed E-state index contributed by atoms with van der Waals surface area (Å²) in [5.41, 5.74) is 18.9. The van der Waals surface area contributed by atoms with Crippen LogP contribution < -0.4 is 33.2 Å². The molecule has 298 valence electrons. The van der Waals surface area contributed by atoms with Crippen molar-refractivity contribution < 1.29 is 35.1 Å². The van der Waals surface area contributed by atoms with Crippen LogP contribution in [0.5, 0.6) is 0 Å². The number of amides is 2. The average Bonchev–Trinajstić information content (AvgIpc) is 3.13. The van der Waals surface area contributed by atoms with Crippen LogP contribution in [0.3, 0.4) is 0 Å². The maximum atomic E-state index is 12.3. The van der Waals surface area contributed by atoms with Gasteiger partial charge in [-0.15, -0.1) is 0 Å². The Labute approximate surface area is 316 Å². The van der Waals surface area contributed by atoms with E-state index in [2.05, 4.69) is 32.8 Å². The predicted octanol–water partition coefficient (Wildman–Crippen LogP) is -0.344. The molecule has 0 radical (unpaired) electrons. The molecule has 1 heterocycles. The molecule has 2 rings (SSSR count). The third-order valence-electron chi connectivity index (χ3n) is 8.78. The van der Waals surface area contributed by atoms with Gasteiger partial charge in [-0.2, -0.15) is 0 Å². The molecule has 17 nitrogen and oxygen atoms in total. The normalized spacial score (nSPS) is 14.3. The summed E-state index contributed by atoms with van der Waals surface area (Å²) in [6.45, 7) is 3.66. The number of guanidine groups is 1. The molecular weight excluding hydrogens is 708 g/mol. The number of aliphatic hydroxyl groups is 5. The molecule has 0 aliphatic carbocycles. The summed E-state index contributed by atoms with van der Waals surface area (Å²) in [6, 6.07) is 7.62. The van der Waals surface area contributed by atoms with Gasteiger partial charge in [-0.05, 0) is 75.7 Å². The van der Waals surface area contributed by atoms with Gasteiger partial charge in [0.1, 0.15) is 18.3 Å². The van der Waals surface area contributed by atoms with Gasteiger partial charge in [0.05, 0.1) is 18.8 Å². The minimum atomic E-state index is -1.67. The van der Waals surface area contributed by atoms with Crippen molar-refractivity contribution in [2.45, 2.75) is 102 Å². The number of nitrogens with two attached hydrogens (primary N) is 3. The van der Waals surface area contributed by atoms with Crippen LogP contribution in [0.4, 0.5) is 11.6 Å². The van der Waals surface area contributed by atoms with E-state index in [0.29, 0.717) is 45.4 Å². The van der Waals surface area contributed by atoms with Gasteiger partial charge in [-0.3, -0.25) is 20.3 Å². The van der Waals surface area contributed by atoms with Gasteiger partial charge < -0.3 is 58.3 Å². The van der Waals surface area contributed by atoms with Gasteiger partial charge in [-0.1, -0.05) is 62.1 Å². The van der Waals surface area contributed by atoms with Gasteiger partial charge in [0.25, 0.3) is 5.91 Å². The van der Waals surface area contributed by atoms with Crippen LogP contribution in [0.25, 0.3) is 0 Å². The van der Waals surface area contributed by atoms with E-state index in [-0.39, 0.29) is 35.0 Å². The standard InChI is InChI=1S/C35H59ClN10O7/c1-2-3-4-7-18-46(20-25(48)28(50)29(51)26(49)21-47)19-8-17-41-24(33(39)52)15-14-23-12-10-22(11-13-23)9-5-6-16-42-35(40)45-34(53)27-31(37)44-32(38)30(36)43-27/h10-13,24-26,28-29,41,47-51H,2-9,14-21H2,1H3,(H2,39,52)(H4,37,38,44)(H3,40,42,45,53)/t24?,25-,26+,28+,29+/m0/s1. The van der Waals surface area contributed by atoms with E-state index >= 15 is 0 Å². The molecule has 53 heavy (non-hydrogen) atoms. The highest BCUT2D eigenvalue weighted by Gasteiger charge is 2.31. The van der Waals surface area contributed by atoms with E-state index in [9.17, 15) is 30.0 Å². The molecule has 0 saturated heterocycles. The number of benzene rings is 1. The van der Waals surface area contributed by atoms with E-state index in [0.717, 1.165) is 56.1 Å². The number of nitrogens with one attached hydrogen (secondary N) is 4. The minimum Gasteiger partial charge on any atom is -0.394 e. The van der Waals surface area contributed by atoms with Crippen LogP contribution >= 0.6 is 11.6 Å². The first-order chi connectivity index (χ1) is 25.3. The Kier molecular flexibility index (Phi) is 21.1. The van der Waals surface area contributed by atoms with Crippen molar-refractivity contribution in [1.82, 2.24) is 30.8 Å². The fraction of sp³-hybridized carbons (Fsp3) is 0.629. The maximum absolute atomic E-state index is 12.3. The molecule has 15 N–H and O–H groups in total. The number of carbonyl (C=O) groups is 2. The van der Waals surface area contributed by atoms with Crippen LogP contribution in [0.2, 0.25) is 5.15 Å². The molecule has 0 bridgehead atoms. The zero-order chi connectivity index (χ0) is 39.3. The van der Waals surface area contributed by atoms with E-state index in [1.165, 1.54) is 0 Å². The smallest absolute Gasteiger partial charge is 0.280 e. The number of nitrogen functional groups attached to an aromatic ring is 2. The summed E-state index contributed by atoms with van der Waals surface area (Å²) in [6.07, 6.45) is 2.12. The number of unbranched alkanes of at least 4 members (excludes halogenated alkanes) is 4. The summed E-state index contributed by atoms with van der Waals surface area (Å²) < 4.78 is 0. The topological polar surface area (TPSA) is 302 Å². The molecular formula is C35H59ClN10O7. The van der Waals surface area contributed by atoms with E-state index in [1.807, 2.05) is 29.2 Å². The molecule has 1 aromatic heterocycles. The van der Waals surface area contributed by atoms with Crippen molar-refractivity contribution in [1.29, 1.82) is 5.41 Å². The molecule has 0 aliphatic heterocycles. The molecule has 0 fully saturated rings. The molecule has 5 atom stereocenters. The summed E-state index contributed by atoms with van der Waals surface area (Å²) >= 11 is 5.81. The molecule has 0 aliphatic rings. The maximum Gasteiger partial charge on any atom is 0.280 e. The Hall–Kier alpha value is -3.68. The Morgan fingerprint density at radius 1 is 0.868 bits per heavy atom. The van der Waals surface area contributed by atoms with E-state index in [4.69, 9.17) is 39.3 Å². The number of carbonyl (C=O) groups excluding carboxylic acids is 2. The molecule has 1 unspecified atom stereocenters. The number of halogens is 1. The van der Waals surface area contributed by atoms with Crippen LogP contribution in [0.15, 0.2) is 24.3 Å². The fourth-order valence-electron chi connectivity index (χ4n) is 5.59. The summed E-state index contributed by atoms with van der Waals surface area (Å²) in [7, 11) is 0. The Bertz CT molecular complexity index is 1410. The number of primary amides is 1. The van der Waals surface area contributed by atoms with Gasteiger partial charge >= 0.3 is 0 Å². The average molecular weight is 767 g/mol. The van der Waals surface area contributed by atoms with Crippen LogP contribution in [0, 0.1) is 5.41 Å². The third-order valence-corrected chi connectivity index (χ3v) is 9.06. The highest BCUT2D eigenvalue weighted by atomic mass is 35.5. The highest BCUT2D eigenvalue weighted by molar-refractivity contribution is 6.31. The quantitative estimate of drug-likeness (QED) is 0.0331. The van der Waals surface area contributed by atoms with Gasteiger partial charge in [0.15, 0.2) is 28.4 Å². The largest absolute Gasteiger partial charge is 0.394 e. The molecule has 1 aromatic carbocycles. The first kappa shape index (κ1) is 45.5. The zero-order valence-electron chi connectivity index (χ0n) is 30.5. The van der Waals surface area contributed by atoms with Crippen LogP contribution in [-0.2, 0) is 17.6 Å². The number of anilines is 2. The second-order valence-electron chi connectivity index (χ2n) is 13.1. The summed E-state index contributed by atoms with van der Waals surface area (Å²) in [5, 5.41) is 65.7. The lowest BCUT2D eigenvalue weighted by molar-refractivity contribution is -0.120. The van der Waals surface area contributed by atoms with Crippen molar-refractivity contribution in [2.75, 3.05) is 50.8 Å². The monoisotopic (exact) mass is 766 g/mol.